The van der Waals surface area contributed by atoms with Gasteiger partial charge in [0, 0.05) is 0 Å². The molecule has 0 amide bonds. The van der Waals surface area contributed by atoms with Gasteiger partial charge in [-0.2, -0.15) is 0 Å². The maximum absolute atomic E-state index is 4.48. The van der Waals surface area contributed by atoms with Crippen molar-refractivity contribution in [1.82, 2.24) is 4.98 Å². The molecule has 80 valence electrons. The van der Waals surface area contributed by atoms with Crippen molar-refractivity contribution in [3.05, 3.63) is 47.7 Å². The van der Waals surface area contributed by atoms with E-state index in [1.807, 2.05) is 6.20 Å². The number of aryl methyl sites for hydroxylation is 2. The van der Waals surface area contributed by atoms with Gasteiger partial charge >= 0.3 is 97.3 Å². The topological polar surface area (TPSA) is 12.9 Å². The van der Waals surface area contributed by atoms with Crippen molar-refractivity contribution < 1.29 is 0 Å². The van der Waals surface area contributed by atoms with Crippen molar-refractivity contribution in [1.29, 1.82) is 0 Å². The van der Waals surface area contributed by atoms with Crippen molar-refractivity contribution in [2.45, 2.75) is 26.7 Å². The Bertz CT molecular complexity index is 443. The van der Waals surface area contributed by atoms with Crippen molar-refractivity contribution in [2.75, 3.05) is 0 Å². The number of hydrogen-bond donors (Lipinski definition) is 0. The van der Waals surface area contributed by atoms with Crippen molar-refractivity contribution in [2.24, 2.45) is 0 Å². The molecule has 0 aliphatic rings. The Morgan fingerprint density at radius 2 is 2.00 bits per heavy atom. The number of rotatable bonds is 3. The summed E-state index contributed by atoms with van der Waals surface area (Å²) in [7, 11) is 0. The first-order valence-corrected chi connectivity index (χ1v) is 5.89. The van der Waals surface area contributed by atoms with Crippen LogP contribution in [-0.2, 0) is 12.8 Å². The number of hydrogen-bond acceptors (Lipinski definition) is 1. The van der Waals surface area contributed by atoms with E-state index in [1.54, 1.807) is 0 Å². The van der Waals surface area contributed by atoms with Crippen molar-refractivity contribution in [3.63, 3.8) is 0 Å². The summed E-state index contributed by atoms with van der Waals surface area (Å²) in [5.41, 5.74) is 5.20. The van der Waals surface area contributed by atoms with Crippen LogP contribution in [0, 0.1) is 0 Å². The predicted molar refractivity (Wildman–Crippen MR) is 69.8 cm³/mol. The van der Waals surface area contributed by atoms with Gasteiger partial charge in [-0.05, 0) is 0 Å². The zero-order valence-electron chi connectivity index (χ0n) is 9.90. The summed E-state index contributed by atoms with van der Waals surface area (Å²) in [5, 5.41) is 0. The van der Waals surface area contributed by atoms with Crippen LogP contribution in [0.25, 0.3) is 11.0 Å². The van der Waals surface area contributed by atoms with Gasteiger partial charge in [0.05, 0.1) is 0 Å². The minimum atomic E-state index is 0.984. The summed E-state index contributed by atoms with van der Waals surface area (Å²) < 4.78 is 0. The predicted octanol–water partition coefficient (Wildman–Crippen LogP) is 3.21. The quantitative estimate of drug-likeness (QED) is 0.756. The average molecular weight is 209 g/mol. The minimum absolute atomic E-state index is 0.984. The summed E-state index contributed by atoms with van der Waals surface area (Å²) in [5.74, 6) is 2.08. The first-order chi connectivity index (χ1) is 7.86. The molecule has 1 nitrogen and oxygen atoms in total. The summed E-state index contributed by atoms with van der Waals surface area (Å²) in [4.78, 5) is 4.48. The second-order valence-corrected chi connectivity index (χ2v) is 3.86. The first-order valence-electron chi connectivity index (χ1n) is 5.89. The molecule has 0 saturated heterocycles. The summed E-state index contributed by atoms with van der Waals surface area (Å²) in [6.45, 7) is 6.52. The van der Waals surface area contributed by atoms with E-state index in [-0.39, 0.29) is 0 Å². The molecule has 2 heterocycles. The van der Waals surface area contributed by atoms with Crippen LogP contribution in [0.5, 0.6) is 0 Å². The van der Waals surface area contributed by atoms with E-state index in [0.717, 1.165) is 12.8 Å². The maximum atomic E-state index is 4.48. The average Bonchev–Trinajstić information content (AvgIpc) is 2.38. The zero-order chi connectivity index (χ0) is 11.4. The van der Waals surface area contributed by atoms with Gasteiger partial charge in [0.15, 0.2) is 0 Å². The van der Waals surface area contributed by atoms with Crippen molar-refractivity contribution >= 4 is 6.91 Å². The van der Waals surface area contributed by atoms with Crippen molar-refractivity contribution in [3.8, 4) is 11.0 Å². The van der Waals surface area contributed by atoms with Crippen LogP contribution >= 0.6 is 0 Å². The molecule has 0 aromatic carbocycles. The Balaban J connectivity index is 2.62. The second-order valence-electron chi connectivity index (χ2n) is 3.86. The molecule has 0 aliphatic carbocycles. The van der Waals surface area contributed by atoms with Crippen LogP contribution in [0.1, 0.15) is 25.1 Å². The van der Waals surface area contributed by atoms with Gasteiger partial charge in [-0.3, -0.25) is 0 Å². The van der Waals surface area contributed by atoms with E-state index in [4.69, 9.17) is 0 Å². The Hall–Kier alpha value is -1.44. The van der Waals surface area contributed by atoms with Gasteiger partial charge in [0.1, 0.15) is 0 Å². The molecule has 0 atom stereocenters. The van der Waals surface area contributed by atoms with Gasteiger partial charge in [0.2, 0.25) is 0 Å². The molecule has 2 rings (SSSR count). The first kappa shape index (κ1) is 11.1. The normalized spacial score (nSPS) is 10.1. The third-order valence-corrected chi connectivity index (χ3v) is 2.89. The summed E-state index contributed by atoms with van der Waals surface area (Å²) in [6, 6.07) is 8.43. The second kappa shape index (κ2) is 5.06. The van der Waals surface area contributed by atoms with E-state index in [1.165, 1.54) is 22.3 Å². The number of aromatic nitrogens is 1. The molecule has 2 aromatic rings. The standard InChI is InChI=1S/C14H16BN/c1-3-11-8-10-16-13(4-2)14(11)12-7-5-6-9-15-12/h5-10H,3-4H2,1-2H3. The van der Waals surface area contributed by atoms with Crippen LogP contribution in [0.4, 0.5) is 0 Å². The van der Waals surface area contributed by atoms with Gasteiger partial charge in [0.25, 0.3) is 0 Å². The molecule has 0 aliphatic heterocycles. The summed E-state index contributed by atoms with van der Waals surface area (Å²) >= 11 is 0. The number of nitrogens with zero attached hydrogens (tertiary/aromatic N) is 1. The third-order valence-electron chi connectivity index (χ3n) is 2.89. The van der Waals surface area contributed by atoms with Gasteiger partial charge in [-0.25, -0.2) is 0 Å². The Labute approximate surface area is 97.8 Å². The van der Waals surface area contributed by atoms with E-state index in [0.29, 0.717) is 0 Å². The molecule has 0 spiro atoms. The van der Waals surface area contributed by atoms with Gasteiger partial charge in [-0.1, -0.05) is 0 Å². The monoisotopic (exact) mass is 209 g/mol. The van der Waals surface area contributed by atoms with E-state index in [2.05, 4.69) is 56.0 Å². The fourth-order valence-corrected chi connectivity index (χ4v) is 2.07. The molecule has 0 radical (unpaired) electrons. The molecule has 0 bridgehead atoms. The third kappa shape index (κ3) is 2.06. The Morgan fingerprint density at radius 3 is 2.62 bits per heavy atom. The van der Waals surface area contributed by atoms with Crippen LogP contribution in [-0.4, -0.2) is 11.9 Å². The fourth-order valence-electron chi connectivity index (χ4n) is 2.07. The Kier molecular flexibility index (Phi) is 3.50. The Morgan fingerprint density at radius 1 is 1.12 bits per heavy atom. The van der Waals surface area contributed by atoms with Crippen LogP contribution in [0.15, 0.2) is 36.4 Å². The van der Waals surface area contributed by atoms with E-state index >= 15 is 0 Å². The molecule has 0 N–H and O–H groups in total. The van der Waals surface area contributed by atoms with E-state index in [9.17, 15) is 0 Å². The molecule has 0 fully saturated rings. The molecule has 2 heteroatoms. The number of pyridine rings is 1. The molecule has 2 aromatic heterocycles. The van der Waals surface area contributed by atoms with Crippen LogP contribution < -0.4 is 0 Å². The molecular formula is C14H16BN. The van der Waals surface area contributed by atoms with Gasteiger partial charge < -0.3 is 0 Å². The molecule has 0 unspecified atom stereocenters. The summed E-state index contributed by atoms with van der Waals surface area (Å²) in [6.07, 6.45) is 3.96. The SMILES string of the molecule is CCc1ccnc(CC)c1-c1bcccc1. The molecule has 0 saturated carbocycles. The van der Waals surface area contributed by atoms with Gasteiger partial charge in [-0.15, -0.1) is 0 Å². The fraction of sp³-hybridized carbons (Fsp3) is 0.286. The molecule has 16 heavy (non-hydrogen) atoms. The van der Waals surface area contributed by atoms with Crippen LogP contribution in [0.2, 0.25) is 0 Å². The zero-order valence-corrected chi connectivity index (χ0v) is 9.90. The van der Waals surface area contributed by atoms with Crippen LogP contribution in [0.3, 0.4) is 0 Å². The van der Waals surface area contributed by atoms with E-state index < -0.39 is 0 Å². The molecular weight excluding hydrogens is 193 g/mol.